The third-order valence-electron chi connectivity index (χ3n) is 6.10. The number of rotatable bonds is 3. The molecule has 0 bridgehead atoms. The summed E-state index contributed by atoms with van der Waals surface area (Å²) in [6, 6.07) is 7.27. The van der Waals surface area contributed by atoms with E-state index in [1.807, 2.05) is 50.6 Å². The van der Waals surface area contributed by atoms with E-state index < -0.39 is 35.9 Å². The lowest BCUT2D eigenvalue weighted by Crippen LogP contribution is -2.46. The molecule has 5 atom stereocenters. The number of benzene rings is 1. The predicted octanol–water partition coefficient (Wildman–Crippen LogP) is 4.59. The van der Waals surface area contributed by atoms with Gasteiger partial charge in [0, 0.05) is 11.2 Å². The lowest BCUT2D eigenvalue weighted by molar-refractivity contribution is -0.223. The first kappa shape index (κ1) is 21.1. The van der Waals surface area contributed by atoms with Crippen LogP contribution >= 0.6 is 23.2 Å². The van der Waals surface area contributed by atoms with Gasteiger partial charge in [-0.05, 0) is 51.0 Å². The van der Waals surface area contributed by atoms with Crippen LogP contribution in [0.2, 0.25) is 10.2 Å². The zero-order valence-electron chi connectivity index (χ0n) is 17.5. The number of halogens is 2. The largest absolute Gasteiger partial charge is 0.386 e. The Balaban J connectivity index is 1.58. The smallest absolute Gasteiger partial charge is 0.165 e. The predicted molar refractivity (Wildman–Crippen MR) is 116 cm³/mol. The number of aliphatic hydroxyl groups is 1. The van der Waals surface area contributed by atoms with E-state index in [0.717, 1.165) is 5.56 Å². The van der Waals surface area contributed by atoms with Crippen LogP contribution < -0.4 is 0 Å². The van der Waals surface area contributed by atoms with Crippen molar-refractivity contribution in [1.82, 2.24) is 14.5 Å². The second-order valence-electron chi connectivity index (χ2n) is 8.75. The van der Waals surface area contributed by atoms with Gasteiger partial charge in [-0.25, -0.2) is 9.97 Å². The Hall–Kier alpha value is -1.74. The minimum Gasteiger partial charge on any atom is -0.386 e. The minimum atomic E-state index is -0.953. The summed E-state index contributed by atoms with van der Waals surface area (Å²) in [6.45, 7) is 7.53. The van der Waals surface area contributed by atoms with Crippen LogP contribution in [0.25, 0.3) is 11.0 Å². The molecule has 1 unspecified atom stereocenters. The molecule has 1 aromatic carbocycles. The lowest BCUT2D eigenvalue weighted by atomic mass is 9.88. The highest BCUT2D eigenvalue weighted by molar-refractivity contribution is 6.33. The van der Waals surface area contributed by atoms with Crippen molar-refractivity contribution >= 4 is 34.2 Å². The van der Waals surface area contributed by atoms with Gasteiger partial charge in [0.25, 0.3) is 0 Å². The first-order valence-electron chi connectivity index (χ1n) is 10.1. The number of aromatic nitrogens is 3. The lowest BCUT2D eigenvalue weighted by Gasteiger charge is -2.32. The molecule has 0 spiro atoms. The molecular formula is C22H23Cl2N3O4. The third kappa shape index (κ3) is 3.26. The molecule has 4 heterocycles. The molecule has 0 aliphatic carbocycles. The van der Waals surface area contributed by atoms with Crippen molar-refractivity contribution in [3.63, 3.8) is 0 Å². The molecule has 0 amide bonds. The van der Waals surface area contributed by atoms with Gasteiger partial charge >= 0.3 is 0 Å². The Morgan fingerprint density at radius 3 is 2.68 bits per heavy atom. The van der Waals surface area contributed by atoms with E-state index >= 15 is 0 Å². The topological polar surface area (TPSA) is 78.6 Å². The summed E-state index contributed by atoms with van der Waals surface area (Å²) in [5.41, 5.74) is 1.29. The highest BCUT2D eigenvalue weighted by Crippen LogP contribution is 2.53. The summed E-state index contributed by atoms with van der Waals surface area (Å²) in [7, 11) is 0. The molecule has 2 fully saturated rings. The Morgan fingerprint density at radius 1 is 1.16 bits per heavy atom. The van der Waals surface area contributed by atoms with Crippen molar-refractivity contribution in [3.8, 4) is 0 Å². The van der Waals surface area contributed by atoms with E-state index in [0.29, 0.717) is 26.8 Å². The third-order valence-corrected chi connectivity index (χ3v) is 6.82. The number of nitrogens with zero attached hydrogens (tertiary/aromatic N) is 3. The molecule has 2 aliphatic rings. The molecular weight excluding hydrogens is 441 g/mol. The maximum atomic E-state index is 11.3. The van der Waals surface area contributed by atoms with E-state index in [4.69, 9.17) is 37.4 Å². The Morgan fingerprint density at radius 2 is 1.94 bits per heavy atom. The van der Waals surface area contributed by atoms with Crippen molar-refractivity contribution in [1.29, 1.82) is 0 Å². The number of hydrogen-bond acceptors (Lipinski definition) is 6. The minimum absolute atomic E-state index is 0.363. The second kappa shape index (κ2) is 7.13. The van der Waals surface area contributed by atoms with Crippen molar-refractivity contribution in [3.05, 3.63) is 58.1 Å². The van der Waals surface area contributed by atoms with Crippen LogP contribution in [-0.4, -0.2) is 43.2 Å². The molecule has 2 aromatic heterocycles. The molecule has 7 nitrogen and oxygen atoms in total. The van der Waals surface area contributed by atoms with Gasteiger partial charge in [0.2, 0.25) is 0 Å². The number of ether oxygens (including phenoxy) is 3. The molecule has 1 N–H and O–H groups in total. The van der Waals surface area contributed by atoms with E-state index in [2.05, 4.69) is 9.97 Å². The Bertz CT molecular complexity index is 1170. The van der Waals surface area contributed by atoms with Crippen molar-refractivity contribution < 1.29 is 19.3 Å². The van der Waals surface area contributed by atoms with Gasteiger partial charge in [-0.15, -0.1) is 0 Å². The molecule has 9 heteroatoms. The fourth-order valence-electron chi connectivity index (χ4n) is 4.72. The number of fused-ring (bicyclic) bond motifs is 2. The van der Waals surface area contributed by atoms with Crippen LogP contribution in [0.5, 0.6) is 0 Å². The number of aryl methyl sites for hydroxylation is 1. The van der Waals surface area contributed by atoms with Crippen LogP contribution in [-0.2, 0) is 14.2 Å². The monoisotopic (exact) mass is 463 g/mol. The van der Waals surface area contributed by atoms with Gasteiger partial charge in [0.05, 0.1) is 5.39 Å². The Kier molecular flexibility index (Phi) is 4.86. The van der Waals surface area contributed by atoms with E-state index in [1.165, 1.54) is 6.33 Å². The summed E-state index contributed by atoms with van der Waals surface area (Å²) in [6.07, 6.45) is 0.536. The summed E-state index contributed by atoms with van der Waals surface area (Å²) >= 11 is 12.4. The molecule has 0 radical (unpaired) electrons. The highest BCUT2D eigenvalue weighted by Gasteiger charge is 2.65. The maximum Gasteiger partial charge on any atom is 0.165 e. The molecule has 31 heavy (non-hydrogen) atoms. The van der Waals surface area contributed by atoms with Gasteiger partial charge < -0.3 is 23.9 Å². The van der Waals surface area contributed by atoms with Gasteiger partial charge in [0.15, 0.2) is 12.0 Å². The molecule has 5 rings (SSSR count). The SMILES string of the molecule is Cc1cc(C(O)[C@H]2O[C@@H](n3ccc4c(Cl)ncnc43)[C@@H]3OC(C)(C)O[C@]23C)ccc1Cl. The van der Waals surface area contributed by atoms with Gasteiger partial charge in [-0.3, -0.25) is 0 Å². The molecule has 3 aromatic rings. The molecule has 2 aliphatic heterocycles. The van der Waals surface area contributed by atoms with Crippen LogP contribution in [0, 0.1) is 6.92 Å². The van der Waals surface area contributed by atoms with Crippen molar-refractivity contribution in [2.75, 3.05) is 0 Å². The van der Waals surface area contributed by atoms with Crippen molar-refractivity contribution in [2.45, 2.75) is 63.6 Å². The summed E-state index contributed by atoms with van der Waals surface area (Å²) in [5.74, 6) is -0.842. The summed E-state index contributed by atoms with van der Waals surface area (Å²) in [4.78, 5) is 8.43. The quantitative estimate of drug-likeness (QED) is 0.572. The van der Waals surface area contributed by atoms with Crippen LogP contribution in [0.1, 0.15) is 44.2 Å². The fourth-order valence-corrected chi connectivity index (χ4v) is 5.03. The molecule has 0 saturated carbocycles. The second-order valence-corrected chi connectivity index (χ2v) is 9.51. The van der Waals surface area contributed by atoms with E-state index in [1.54, 1.807) is 12.1 Å². The normalized spacial score (nSPS) is 30.6. The van der Waals surface area contributed by atoms with Crippen LogP contribution in [0.15, 0.2) is 36.8 Å². The Labute approximate surface area is 189 Å². The highest BCUT2D eigenvalue weighted by atomic mass is 35.5. The standard InChI is InChI=1S/C22H23Cl2N3O4/c1-11-9-12(5-6-14(11)23)15(28)16-22(4)17(30-21(2,3)31-22)20(29-16)27-8-7-13-18(24)25-10-26-19(13)27/h5-10,15-17,20,28H,1-4H3/t15?,16-,17+,20-,22-/m1/s1. The van der Waals surface area contributed by atoms with Gasteiger partial charge in [-0.1, -0.05) is 35.3 Å². The molecule has 164 valence electrons. The first-order chi connectivity index (χ1) is 14.6. The molecule has 2 saturated heterocycles. The van der Waals surface area contributed by atoms with Crippen LogP contribution in [0.3, 0.4) is 0 Å². The zero-order chi connectivity index (χ0) is 22.1. The zero-order valence-corrected chi connectivity index (χ0v) is 19.1. The average Bonchev–Trinajstić information content (AvgIpc) is 3.31. The first-order valence-corrected chi connectivity index (χ1v) is 10.8. The number of hydrogen-bond donors (Lipinski definition) is 1. The van der Waals surface area contributed by atoms with Gasteiger partial charge in [0.1, 0.15) is 41.0 Å². The number of aliphatic hydroxyl groups excluding tert-OH is 1. The average molecular weight is 464 g/mol. The van der Waals surface area contributed by atoms with Crippen LogP contribution in [0.4, 0.5) is 0 Å². The summed E-state index contributed by atoms with van der Waals surface area (Å²) < 4.78 is 20.9. The summed E-state index contributed by atoms with van der Waals surface area (Å²) in [5, 5.41) is 13.0. The maximum absolute atomic E-state index is 11.3. The van der Waals surface area contributed by atoms with E-state index in [-0.39, 0.29) is 0 Å². The van der Waals surface area contributed by atoms with E-state index in [9.17, 15) is 5.11 Å². The van der Waals surface area contributed by atoms with Crippen molar-refractivity contribution in [2.24, 2.45) is 0 Å². The fraction of sp³-hybridized carbons (Fsp3) is 0.455. The van der Waals surface area contributed by atoms with Gasteiger partial charge in [-0.2, -0.15) is 0 Å².